The average Bonchev–Trinajstić information content (AvgIpc) is 3.02. The van der Waals surface area contributed by atoms with Crippen LogP contribution in [0.5, 0.6) is 0 Å². The van der Waals surface area contributed by atoms with E-state index in [1.807, 2.05) is 12.1 Å². The zero-order valence-corrected chi connectivity index (χ0v) is 16.0. The molecular weight excluding hydrogens is 384 g/mol. The van der Waals surface area contributed by atoms with E-state index in [9.17, 15) is 14.4 Å². The molecule has 0 bridgehead atoms. The number of benzene rings is 1. The van der Waals surface area contributed by atoms with E-state index in [1.165, 1.54) is 28.1 Å². The molecule has 0 saturated carbocycles. The van der Waals surface area contributed by atoms with Gasteiger partial charge in [-0.05, 0) is 23.7 Å². The number of nitriles is 1. The van der Waals surface area contributed by atoms with Crippen LogP contribution < -0.4 is 16.1 Å². The Kier molecular flexibility index (Phi) is 5.33. The fourth-order valence-corrected chi connectivity index (χ4v) is 3.18. The zero-order valence-electron chi connectivity index (χ0n) is 15.3. The molecule has 1 amide bonds. The summed E-state index contributed by atoms with van der Waals surface area (Å²) in [6.45, 7) is -0.0663. The number of fused-ring (bicyclic) bond motifs is 1. The molecule has 10 heteroatoms. The third-order valence-electron chi connectivity index (χ3n) is 4.41. The maximum atomic E-state index is 13.0. The second-order valence-electron chi connectivity index (χ2n) is 6.13. The molecule has 0 aliphatic rings. The van der Waals surface area contributed by atoms with Crippen molar-refractivity contribution in [1.82, 2.24) is 18.7 Å². The van der Waals surface area contributed by atoms with Crippen LogP contribution >= 0.6 is 11.6 Å². The summed E-state index contributed by atoms with van der Waals surface area (Å²) < 4.78 is 3.42. The van der Waals surface area contributed by atoms with Gasteiger partial charge in [0.1, 0.15) is 6.54 Å². The number of amides is 1. The van der Waals surface area contributed by atoms with E-state index in [-0.39, 0.29) is 41.9 Å². The average molecular weight is 401 g/mol. The molecule has 0 saturated heterocycles. The summed E-state index contributed by atoms with van der Waals surface area (Å²) in [6.07, 6.45) is 0.148. The first kappa shape index (κ1) is 19.4. The summed E-state index contributed by atoms with van der Waals surface area (Å²) in [4.78, 5) is 43.2. The molecule has 0 atom stereocenters. The fraction of sp³-hybridized carbons (Fsp3) is 0.278. The Morgan fingerprint density at radius 1 is 1.21 bits per heavy atom. The molecule has 3 aromatic rings. The summed E-state index contributed by atoms with van der Waals surface area (Å²) in [7, 11) is 2.82. The molecule has 144 valence electrons. The van der Waals surface area contributed by atoms with Crippen LogP contribution in [0.4, 0.5) is 5.69 Å². The van der Waals surface area contributed by atoms with Gasteiger partial charge < -0.3 is 4.90 Å². The lowest BCUT2D eigenvalue weighted by Crippen LogP contribution is -2.39. The lowest BCUT2D eigenvalue weighted by Gasteiger charge is -2.22. The van der Waals surface area contributed by atoms with E-state index in [0.717, 1.165) is 4.57 Å². The van der Waals surface area contributed by atoms with E-state index >= 15 is 0 Å². The maximum absolute atomic E-state index is 13.0. The molecule has 9 nitrogen and oxygen atoms in total. The van der Waals surface area contributed by atoms with Gasteiger partial charge in [0.25, 0.3) is 5.56 Å². The Morgan fingerprint density at radius 2 is 1.89 bits per heavy atom. The molecule has 0 radical (unpaired) electrons. The van der Waals surface area contributed by atoms with Crippen molar-refractivity contribution >= 4 is 34.4 Å². The molecule has 0 aliphatic carbocycles. The quantitative estimate of drug-likeness (QED) is 0.595. The van der Waals surface area contributed by atoms with Crippen molar-refractivity contribution in [3.05, 3.63) is 56.5 Å². The molecule has 0 aliphatic heterocycles. The highest BCUT2D eigenvalue weighted by Gasteiger charge is 2.22. The lowest BCUT2D eigenvalue weighted by molar-refractivity contribution is -0.119. The summed E-state index contributed by atoms with van der Waals surface area (Å²) in [5, 5.41) is 8.83. The minimum atomic E-state index is -0.589. The number of aromatic nitrogens is 4. The zero-order chi connectivity index (χ0) is 20.4. The smallest absolute Gasteiger partial charge is 0.310 e. The second kappa shape index (κ2) is 7.70. The van der Waals surface area contributed by atoms with Crippen LogP contribution in [-0.2, 0) is 25.4 Å². The number of carbonyl (C=O) groups is 1. The second-order valence-corrected chi connectivity index (χ2v) is 6.47. The van der Waals surface area contributed by atoms with Crippen molar-refractivity contribution in [2.24, 2.45) is 14.1 Å². The Balaban J connectivity index is 2.07. The number of para-hydroxylation sites is 1. The number of hydrogen-bond acceptors (Lipinski definition) is 5. The SMILES string of the molecule is Cn1c(=O)c2c(nc(Cl)n2CC(=O)N(CCC#N)c2ccccc2)n(C)c1=O. The number of aryl methyl sites for hydroxylation is 1. The van der Waals surface area contributed by atoms with Crippen molar-refractivity contribution in [3.63, 3.8) is 0 Å². The monoisotopic (exact) mass is 400 g/mol. The van der Waals surface area contributed by atoms with Crippen molar-refractivity contribution in [3.8, 4) is 6.07 Å². The molecule has 0 spiro atoms. The molecule has 0 fully saturated rings. The predicted molar refractivity (Wildman–Crippen MR) is 104 cm³/mol. The van der Waals surface area contributed by atoms with Gasteiger partial charge in [0, 0.05) is 26.3 Å². The highest BCUT2D eigenvalue weighted by Crippen LogP contribution is 2.19. The molecular formula is C18H17ClN6O3. The van der Waals surface area contributed by atoms with Gasteiger partial charge in [-0.3, -0.25) is 23.3 Å². The number of imidazole rings is 1. The Bertz CT molecular complexity index is 1200. The summed E-state index contributed by atoms with van der Waals surface area (Å²) in [6, 6.07) is 10.9. The first-order valence-corrected chi connectivity index (χ1v) is 8.78. The molecule has 2 heterocycles. The Morgan fingerprint density at radius 3 is 2.54 bits per heavy atom. The largest absolute Gasteiger partial charge is 0.332 e. The summed E-state index contributed by atoms with van der Waals surface area (Å²) >= 11 is 6.18. The number of rotatable bonds is 5. The standard InChI is InChI=1S/C18H17ClN6O3/c1-22-15-14(16(27)23(2)18(22)28)25(17(19)21-15)11-13(26)24(10-6-9-20)12-7-4-3-5-8-12/h3-5,7-8H,6,10-11H2,1-2H3. The van der Waals surface area contributed by atoms with E-state index in [4.69, 9.17) is 16.9 Å². The van der Waals surface area contributed by atoms with Crippen LogP contribution in [-0.4, -0.2) is 31.1 Å². The minimum absolute atomic E-state index is 0.0660. The van der Waals surface area contributed by atoms with Crippen molar-refractivity contribution in [1.29, 1.82) is 5.26 Å². The minimum Gasteiger partial charge on any atom is -0.310 e. The van der Waals surface area contributed by atoms with Crippen LogP contribution in [0.25, 0.3) is 11.2 Å². The third-order valence-corrected chi connectivity index (χ3v) is 4.70. The maximum Gasteiger partial charge on any atom is 0.332 e. The van der Waals surface area contributed by atoms with Crippen LogP contribution in [0.1, 0.15) is 6.42 Å². The third kappa shape index (κ3) is 3.30. The van der Waals surface area contributed by atoms with Crippen LogP contribution in [0.2, 0.25) is 5.28 Å². The number of halogens is 1. The molecule has 1 aromatic carbocycles. The van der Waals surface area contributed by atoms with Gasteiger partial charge in [-0.25, -0.2) is 4.79 Å². The molecule has 3 rings (SSSR count). The predicted octanol–water partition coefficient (Wildman–Crippen LogP) is 1.03. The van der Waals surface area contributed by atoms with Gasteiger partial charge in [0.2, 0.25) is 11.2 Å². The molecule has 0 unspecified atom stereocenters. The normalized spacial score (nSPS) is 10.8. The number of anilines is 1. The van der Waals surface area contributed by atoms with Gasteiger partial charge >= 0.3 is 5.69 Å². The highest BCUT2D eigenvalue weighted by molar-refractivity contribution is 6.29. The first-order chi connectivity index (χ1) is 13.4. The number of nitrogens with zero attached hydrogens (tertiary/aromatic N) is 6. The number of carbonyl (C=O) groups excluding carboxylic acids is 1. The summed E-state index contributed by atoms with van der Waals surface area (Å²) in [5.74, 6) is -0.362. The van der Waals surface area contributed by atoms with Crippen molar-refractivity contribution < 1.29 is 4.79 Å². The topological polar surface area (TPSA) is 106 Å². The summed E-state index contributed by atoms with van der Waals surface area (Å²) in [5.41, 5.74) is -0.326. The van der Waals surface area contributed by atoms with E-state index in [2.05, 4.69) is 4.98 Å². The van der Waals surface area contributed by atoms with Gasteiger partial charge in [-0.2, -0.15) is 10.2 Å². The van der Waals surface area contributed by atoms with Crippen LogP contribution in [0.15, 0.2) is 39.9 Å². The van der Waals surface area contributed by atoms with Crippen molar-refractivity contribution in [2.75, 3.05) is 11.4 Å². The van der Waals surface area contributed by atoms with Gasteiger partial charge in [0.15, 0.2) is 11.2 Å². The molecule has 0 N–H and O–H groups in total. The fourth-order valence-electron chi connectivity index (χ4n) is 2.95. The van der Waals surface area contributed by atoms with Crippen molar-refractivity contribution in [2.45, 2.75) is 13.0 Å². The van der Waals surface area contributed by atoms with E-state index in [1.54, 1.807) is 24.3 Å². The lowest BCUT2D eigenvalue weighted by atomic mass is 10.2. The van der Waals surface area contributed by atoms with Gasteiger partial charge in [0.05, 0.1) is 12.5 Å². The van der Waals surface area contributed by atoms with Gasteiger partial charge in [-0.1, -0.05) is 18.2 Å². The van der Waals surface area contributed by atoms with Crippen LogP contribution in [0.3, 0.4) is 0 Å². The molecule has 2 aromatic heterocycles. The van der Waals surface area contributed by atoms with Gasteiger partial charge in [-0.15, -0.1) is 0 Å². The van der Waals surface area contributed by atoms with E-state index < -0.39 is 11.2 Å². The Labute approximate surface area is 164 Å². The van der Waals surface area contributed by atoms with Crippen LogP contribution in [0, 0.1) is 11.3 Å². The Hall–Kier alpha value is -3.38. The molecule has 28 heavy (non-hydrogen) atoms. The van der Waals surface area contributed by atoms with E-state index in [0.29, 0.717) is 5.69 Å². The highest BCUT2D eigenvalue weighted by atomic mass is 35.5. The first-order valence-electron chi connectivity index (χ1n) is 8.41. The number of hydrogen-bond donors (Lipinski definition) is 0.